The summed E-state index contributed by atoms with van der Waals surface area (Å²) in [7, 11) is 0. The second-order valence-corrected chi connectivity index (χ2v) is 4.27. The zero-order valence-electron chi connectivity index (χ0n) is 9.33. The SMILES string of the molecule is NC1CCCc2cn(CCOC(F)(F)F)cc21. The second-order valence-electron chi connectivity index (χ2n) is 4.27. The quantitative estimate of drug-likeness (QED) is 0.892. The lowest BCUT2D eigenvalue weighted by Crippen LogP contribution is -2.17. The van der Waals surface area contributed by atoms with Crippen molar-refractivity contribution in [3.63, 3.8) is 0 Å². The predicted octanol–water partition coefficient (Wildman–Crippen LogP) is 2.36. The van der Waals surface area contributed by atoms with Crippen LogP contribution in [0.2, 0.25) is 0 Å². The highest BCUT2D eigenvalue weighted by Crippen LogP contribution is 2.28. The fourth-order valence-electron chi connectivity index (χ4n) is 2.18. The van der Waals surface area contributed by atoms with E-state index >= 15 is 0 Å². The first-order chi connectivity index (χ1) is 7.96. The van der Waals surface area contributed by atoms with Crippen molar-refractivity contribution >= 4 is 0 Å². The summed E-state index contributed by atoms with van der Waals surface area (Å²) in [5.41, 5.74) is 8.14. The molecule has 0 spiro atoms. The van der Waals surface area contributed by atoms with Crippen LogP contribution >= 0.6 is 0 Å². The highest BCUT2D eigenvalue weighted by atomic mass is 19.4. The first-order valence-corrected chi connectivity index (χ1v) is 5.60. The summed E-state index contributed by atoms with van der Waals surface area (Å²) in [6, 6.07) is 0.0172. The van der Waals surface area contributed by atoms with Gasteiger partial charge in [0.2, 0.25) is 0 Å². The Labute approximate surface area is 97.3 Å². The summed E-state index contributed by atoms with van der Waals surface area (Å²) in [4.78, 5) is 0. The number of alkyl halides is 3. The molecule has 1 aliphatic rings. The van der Waals surface area contributed by atoms with Crippen molar-refractivity contribution in [1.29, 1.82) is 0 Å². The lowest BCUT2D eigenvalue weighted by atomic mass is 9.92. The number of aryl methyl sites for hydroxylation is 1. The van der Waals surface area contributed by atoms with Crippen molar-refractivity contribution < 1.29 is 17.9 Å². The zero-order valence-corrected chi connectivity index (χ0v) is 9.33. The maximum Gasteiger partial charge on any atom is 0.522 e. The van der Waals surface area contributed by atoms with Crippen LogP contribution in [0.15, 0.2) is 12.4 Å². The molecular formula is C11H15F3N2O. The van der Waals surface area contributed by atoms with E-state index in [2.05, 4.69) is 4.74 Å². The Kier molecular flexibility index (Phi) is 3.44. The van der Waals surface area contributed by atoms with E-state index in [0.29, 0.717) is 0 Å². The molecule has 6 heteroatoms. The van der Waals surface area contributed by atoms with Gasteiger partial charge in [0, 0.05) is 25.0 Å². The molecule has 1 atom stereocenters. The smallest absolute Gasteiger partial charge is 0.351 e. The van der Waals surface area contributed by atoms with Crippen LogP contribution < -0.4 is 5.73 Å². The molecule has 0 radical (unpaired) electrons. The van der Waals surface area contributed by atoms with Crippen LogP contribution in [0, 0.1) is 0 Å². The van der Waals surface area contributed by atoms with Gasteiger partial charge in [-0.25, -0.2) is 0 Å². The molecular weight excluding hydrogens is 233 g/mol. The monoisotopic (exact) mass is 248 g/mol. The van der Waals surface area contributed by atoms with Crippen LogP contribution in [0.25, 0.3) is 0 Å². The Morgan fingerprint density at radius 1 is 1.41 bits per heavy atom. The molecule has 0 aromatic carbocycles. The van der Waals surface area contributed by atoms with Gasteiger partial charge < -0.3 is 10.3 Å². The maximum absolute atomic E-state index is 11.8. The van der Waals surface area contributed by atoms with E-state index in [9.17, 15) is 13.2 Å². The van der Waals surface area contributed by atoms with E-state index in [0.717, 1.165) is 30.4 Å². The molecule has 0 fully saturated rings. The van der Waals surface area contributed by atoms with E-state index in [4.69, 9.17) is 5.73 Å². The van der Waals surface area contributed by atoms with Crippen molar-refractivity contribution in [2.24, 2.45) is 5.73 Å². The van der Waals surface area contributed by atoms with Crippen LogP contribution in [-0.4, -0.2) is 17.5 Å². The topological polar surface area (TPSA) is 40.2 Å². The summed E-state index contributed by atoms with van der Waals surface area (Å²) in [5, 5.41) is 0. The number of hydrogen-bond donors (Lipinski definition) is 1. The van der Waals surface area contributed by atoms with Gasteiger partial charge in [-0.3, -0.25) is 4.74 Å². The molecule has 0 aliphatic heterocycles. The number of fused-ring (bicyclic) bond motifs is 1. The van der Waals surface area contributed by atoms with Crippen LogP contribution in [0.4, 0.5) is 13.2 Å². The normalized spacial score (nSPS) is 20.4. The molecule has 0 bridgehead atoms. The average molecular weight is 248 g/mol. The molecule has 2 N–H and O–H groups in total. The van der Waals surface area contributed by atoms with Crippen molar-refractivity contribution in [3.05, 3.63) is 23.5 Å². The van der Waals surface area contributed by atoms with Gasteiger partial charge in [-0.15, -0.1) is 13.2 Å². The van der Waals surface area contributed by atoms with Crippen molar-refractivity contribution in [1.82, 2.24) is 4.57 Å². The lowest BCUT2D eigenvalue weighted by molar-refractivity contribution is -0.325. The number of nitrogens with zero attached hydrogens (tertiary/aromatic N) is 1. The zero-order chi connectivity index (χ0) is 12.5. The predicted molar refractivity (Wildman–Crippen MR) is 56.3 cm³/mol. The van der Waals surface area contributed by atoms with Crippen LogP contribution in [0.5, 0.6) is 0 Å². The third-order valence-corrected chi connectivity index (χ3v) is 2.97. The van der Waals surface area contributed by atoms with E-state index in [-0.39, 0.29) is 19.2 Å². The summed E-state index contributed by atoms with van der Waals surface area (Å²) >= 11 is 0. The molecule has 1 aromatic rings. The number of halogens is 3. The highest BCUT2D eigenvalue weighted by molar-refractivity contribution is 5.29. The first kappa shape index (κ1) is 12.4. The van der Waals surface area contributed by atoms with Gasteiger partial charge in [0.25, 0.3) is 0 Å². The van der Waals surface area contributed by atoms with Crippen LogP contribution in [0.3, 0.4) is 0 Å². The molecule has 1 unspecified atom stereocenters. The van der Waals surface area contributed by atoms with Gasteiger partial charge in [0.1, 0.15) is 0 Å². The van der Waals surface area contributed by atoms with Gasteiger partial charge in [-0.1, -0.05) is 0 Å². The molecule has 17 heavy (non-hydrogen) atoms. The van der Waals surface area contributed by atoms with E-state index < -0.39 is 6.36 Å². The number of rotatable bonds is 3. The van der Waals surface area contributed by atoms with Crippen molar-refractivity contribution in [2.45, 2.75) is 38.2 Å². The Morgan fingerprint density at radius 2 is 2.18 bits per heavy atom. The number of hydrogen-bond acceptors (Lipinski definition) is 2. The third kappa shape index (κ3) is 3.23. The minimum Gasteiger partial charge on any atom is -0.351 e. The Hall–Kier alpha value is -1.01. The molecule has 1 aromatic heterocycles. The Bertz CT molecular complexity index is 387. The minimum atomic E-state index is -4.55. The minimum absolute atomic E-state index is 0.0172. The van der Waals surface area contributed by atoms with Gasteiger partial charge >= 0.3 is 6.36 Å². The number of ether oxygens (including phenoxy) is 1. The third-order valence-electron chi connectivity index (χ3n) is 2.97. The molecule has 1 aliphatic carbocycles. The summed E-state index contributed by atoms with van der Waals surface area (Å²) in [6.45, 7) is -0.175. The van der Waals surface area contributed by atoms with Crippen molar-refractivity contribution in [2.75, 3.05) is 6.61 Å². The molecule has 0 saturated heterocycles. The van der Waals surface area contributed by atoms with E-state index in [1.165, 1.54) is 0 Å². The Balaban J connectivity index is 1.94. The standard InChI is InChI=1S/C11H15F3N2O/c12-11(13,14)17-5-4-16-6-8-2-1-3-10(15)9(8)7-16/h6-7,10H,1-5,15H2. The fourth-order valence-corrected chi connectivity index (χ4v) is 2.18. The summed E-state index contributed by atoms with van der Waals surface area (Å²) in [6.07, 6.45) is 2.08. The van der Waals surface area contributed by atoms with Gasteiger partial charge in [-0.2, -0.15) is 0 Å². The second kappa shape index (κ2) is 4.70. The van der Waals surface area contributed by atoms with Gasteiger partial charge in [0.05, 0.1) is 6.61 Å². The molecule has 0 amide bonds. The maximum atomic E-state index is 11.8. The molecule has 3 nitrogen and oxygen atoms in total. The fraction of sp³-hybridized carbons (Fsp3) is 0.636. The molecule has 1 heterocycles. The van der Waals surface area contributed by atoms with Crippen LogP contribution in [0.1, 0.15) is 30.0 Å². The average Bonchev–Trinajstić information content (AvgIpc) is 2.60. The summed E-state index contributed by atoms with van der Waals surface area (Å²) < 4.78 is 40.9. The number of aromatic nitrogens is 1. The van der Waals surface area contributed by atoms with Crippen LogP contribution in [-0.2, 0) is 17.7 Å². The molecule has 96 valence electrons. The number of nitrogens with two attached hydrogens (primary N) is 1. The largest absolute Gasteiger partial charge is 0.522 e. The first-order valence-electron chi connectivity index (χ1n) is 5.60. The Morgan fingerprint density at radius 3 is 2.82 bits per heavy atom. The summed E-state index contributed by atoms with van der Waals surface area (Å²) in [5.74, 6) is 0. The molecule has 0 saturated carbocycles. The highest BCUT2D eigenvalue weighted by Gasteiger charge is 2.28. The molecule has 2 rings (SSSR count). The van der Waals surface area contributed by atoms with E-state index in [1.807, 2.05) is 12.4 Å². The van der Waals surface area contributed by atoms with Gasteiger partial charge in [0.15, 0.2) is 0 Å². The lowest BCUT2D eigenvalue weighted by Gasteiger charge is -2.17. The van der Waals surface area contributed by atoms with Crippen molar-refractivity contribution in [3.8, 4) is 0 Å². The van der Waals surface area contributed by atoms with Gasteiger partial charge in [-0.05, 0) is 30.4 Å². The van der Waals surface area contributed by atoms with E-state index in [1.54, 1.807) is 4.57 Å².